The van der Waals surface area contributed by atoms with E-state index in [-0.39, 0.29) is 17.9 Å². The van der Waals surface area contributed by atoms with Crippen molar-refractivity contribution in [3.05, 3.63) is 53.8 Å². The van der Waals surface area contributed by atoms with Gasteiger partial charge < -0.3 is 29.1 Å². The molecule has 1 heterocycles. The van der Waals surface area contributed by atoms with Gasteiger partial charge in [0.15, 0.2) is 11.5 Å². The van der Waals surface area contributed by atoms with Gasteiger partial charge in [0.25, 0.3) is 5.91 Å². The monoisotopic (exact) mass is 385 g/mol. The topological polar surface area (TPSA) is 90.2 Å². The van der Waals surface area contributed by atoms with E-state index in [0.717, 1.165) is 5.39 Å². The number of amides is 1. The number of carbonyl (C=O) groups excluding carboxylic acids is 1. The van der Waals surface area contributed by atoms with E-state index >= 15 is 0 Å². The Morgan fingerprint density at radius 3 is 2.43 bits per heavy atom. The summed E-state index contributed by atoms with van der Waals surface area (Å²) in [5.41, 5.74) is -0.454. The van der Waals surface area contributed by atoms with Crippen LogP contribution in [0.2, 0.25) is 0 Å². The Bertz CT molecular complexity index is 959. The molecule has 28 heavy (non-hydrogen) atoms. The van der Waals surface area contributed by atoms with Gasteiger partial charge in [-0.1, -0.05) is 18.2 Å². The number of ether oxygens (including phenoxy) is 3. The molecule has 0 aliphatic rings. The molecule has 2 aromatic carbocycles. The van der Waals surface area contributed by atoms with Gasteiger partial charge in [0.1, 0.15) is 16.9 Å². The normalized spacial score (nSPS) is 13.0. The molecule has 148 valence electrons. The van der Waals surface area contributed by atoms with E-state index < -0.39 is 11.5 Å². The summed E-state index contributed by atoms with van der Waals surface area (Å²) in [4.78, 5) is 12.7. The predicted octanol–water partition coefficient (Wildman–Crippen LogP) is 3.10. The summed E-state index contributed by atoms with van der Waals surface area (Å²) in [6.45, 7) is 1.53. The van der Waals surface area contributed by atoms with E-state index in [4.69, 9.17) is 18.6 Å². The summed E-state index contributed by atoms with van der Waals surface area (Å²) in [6.07, 6.45) is 0. The van der Waals surface area contributed by atoms with E-state index in [0.29, 0.717) is 22.8 Å². The van der Waals surface area contributed by atoms with Gasteiger partial charge >= 0.3 is 0 Å². The van der Waals surface area contributed by atoms with E-state index in [1.807, 2.05) is 24.3 Å². The number of carbonyl (C=O) groups is 1. The fourth-order valence-electron chi connectivity index (χ4n) is 2.96. The Kier molecular flexibility index (Phi) is 5.46. The third-order valence-electron chi connectivity index (χ3n) is 4.50. The zero-order valence-electron chi connectivity index (χ0n) is 16.2. The maximum absolute atomic E-state index is 12.7. The number of nitrogens with one attached hydrogen (secondary N) is 1. The molecule has 7 heteroatoms. The van der Waals surface area contributed by atoms with Gasteiger partial charge in [-0.2, -0.15) is 0 Å². The standard InChI is InChI=1S/C21H23NO6/c1-21(24,17-11-13-7-5-6-8-15(13)28-17)12-22-20(23)14-9-10-16(25-2)19(27-4)18(14)26-3/h5-11,24H,12H2,1-4H3,(H,22,23)/t21-/m0/s1. The van der Waals surface area contributed by atoms with Crippen molar-refractivity contribution in [2.24, 2.45) is 0 Å². The third-order valence-corrected chi connectivity index (χ3v) is 4.50. The largest absolute Gasteiger partial charge is 0.493 e. The second-order valence-electron chi connectivity index (χ2n) is 6.49. The number of fused-ring (bicyclic) bond motifs is 1. The van der Waals surface area contributed by atoms with Gasteiger partial charge in [-0.3, -0.25) is 4.79 Å². The van der Waals surface area contributed by atoms with Crippen LogP contribution in [0.15, 0.2) is 46.9 Å². The SMILES string of the molecule is COc1ccc(C(=O)NC[C@](C)(O)c2cc3ccccc3o2)c(OC)c1OC. The van der Waals surface area contributed by atoms with Crippen LogP contribution in [0.25, 0.3) is 11.0 Å². The summed E-state index contributed by atoms with van der Waals surface area (Å²) in [5.74, 6) is 0.970. The highest BCUT2D eigenvalue weighted by atomic mass is 16.5. The molecule has 0 aliphatic carbocycles. The van der Waals surface area contributed by atoms with Crippen molar-refractivity contribution in [3.8, 4) is 17.2 Å². The lowest BCUT2D eigenvalue weighted by atomic mass is 10.0. The number of para-hydroxylation sites is 1. The van der Waals surface area contributed by atoms with Crippen molar-refractivity contribution >= 4 is 16.9 Å². The maximum atomic E-state index is 12.7. The summed E-state index contributed by atoms with van der Waals surface area (Å²) >= 11 is 0. The molecule has 0 spiro atoms. The van der Waals surface area contributed by atoms with Gasteiger partial charge in [-0.15, -0.1) is 0 Å². The van der Waals surface area contributed by atoms with E-state index in [2.05, 4.69) is 5.32 Å². The molecule has 0 unspecified atom stereocenters. The Morgan fingerprint density at radius 2 is 1.79 bits per heavy atom. The zero-order chi connectivity index (χ0) is 20.3. The molecule has 1 amide bonds. The highest BCUT2D eigenvalue weighted by Crippen LogP contribution is 2.39. The van der Waals surface area contributed by atoms with Crippen LogP contribution in [0.5, 0.6) is 17.2 Å². The Morgan fingerprint density at radius 1 is 1.07 bits per heavy atom. The number of aliphatic hydroxyl groups is 1. The average Bonchev–Trinajstić information content (AvgIpc) is 3.16. The molecule has 7 nitrogen and oxygen atoms in total. The molecule has 0 radical (unpaired) electrons. The van der Waals surface area contributed by atoms with Crippen LogP contribution in [0, 0.1) is 0 Å². The number of benzene rings is 2. The van der Waals surface area contributed by atoms with Crippen LogP contribution < -0.4 is 19.5 Å². The molecule has 1 aromatic heterocycles. The first-order valence-corrected chi connectivity index (χ1v) is 8.70. The van der Waals surface area contributed by atoms with Gasteiger partial charge in [0, 0.05) is 5.39 Å². The first-order chi connectivity index (χ1) is 13.4. The molecule has 3 aromatic rings. The van der Waals surface area contributed by atoms with Crippen LogP contribution in [0.4, 0.5) is 0 Å². The summed E-state index contributed by atoms with van der Waals surface area (Å²) in [7, 11) is 4.41. The van der Waals surface area contributed by atoms with Crippen molar-refractivity contribution in [3.63, 3.8) is 0 Å². The Balaban J connectivity index is 1.81. The average molecular weight is 385 g/mol. The second kappa shape index (κ2) is 7.82. The molecule has 0 aliphatic heterocycles. The first kappa shape index (κ1) is 19.6. The Labute approximate surface area is 162 Å². The van der Waals surface area contributed by atoms with Gasteiger partial charge in [0.2, 0.25) is 5.75 Å². The molecule has 0 saturated heterocycles. The van der Waals surface area contributed by atoms with Gasteiger partial charge in [-0.05, 0) is 31.2 Å². The minimum Gasteiger partial charge on any atom is -0.493 e. The van der Waals surface area contributed by atoms with Crippen molar-refractivity contribution in [2.75, 3.05) is 27.9 Å². The van der Waals surface area contributed by atoms with E-state index in [1.54, 1.807) is 25.1 Å². The molecule has 0 fully saturated rings. The molecule has 2 N–H and O–H groups in total. The molecule has 0 saturated carbocycles. The maximum Gasteiger partial charge on any atom is 0.255 e. The number of methoxy groups -OCH3 is 3. The van der Waals surface area contributed by atoms with Gasteiger partial charge in [-0.25, -0.2) is 0 Å². The van der Waals surface area contributed by atoms with Crippen LogP contribution in [-0.2, 0) is 5.60 Å². The Hall–Kier alpha value is -3.19. The van der Waals surface area contributed by atoms with Crippen molar-refractivity contribution in [1.82, 2.24) is 5.32 Å². The summed E-state index contributed by atoms with van der Waals surface area (Å²) in [6, 6.07) is 12.4. The first-order valence-electron chi connectivity index (χ1n) is 8.70. The third kappa shape index (κ3) is 3.61. The second-order valence-corrected chi connectivity index (χ2v) is 6.49. The van der Waals surface area contributed by atoms with Crippen molar-refractivity contribution in [1.29, 1.82) is 0 Å². The molecular formula is C21H23NO6. The van der Waals surface area contributed by atoms with E-state index in [9.17, 15) is 9.90 Å². The zero-order valence-corrected chi connectivity index (χ0v) is 16.2. The van der Waals surface area contributed by atoms with Crippen LogP contribution in [-0.4, -0.2) is 38.9 Å². The minimum absolute atomic E-state index is 0.0524. The van der Waals surface area contributed by atoms with Gasteiger partial charge in [0.05, 0.1) is 33.4 Å². The molecule has 3 rings (SSSR count). The molecule has 0 bridgehead atoms. The highest BCUT2D eigenvalue weighted by Gasteiger charge is 2.29. The lowest BCUT2D eigenvalue weighted by molar-refractivity contribution is 0.0344. The van der Waals surface area contributed by atoms with Crippen molar-refractivity contribution < 1.29 is 28.5 Å². The predicted molar refractivity (Wildman–Crippen MR) is 104 cm³/mol. The summed E-state index contributed by atoms with van der Waals surface area (Å²) in [5, 5.41) is 14.4. The van der Waals surface area contributed by atoms with Crippen LogP contribution >= 0.6 is 0 Å². The van der Waals surface area contributed by atoms with Crippen molar-refractivity contribution in [2.45, 2.75) is 12.5 Å². The molecule has 1 atom stereocenters. The van der Waals surface area contributed by atoms with E-state index in [1.165, 1.54) is 21.3 Å². The quantitative estimate of drug-likeness (QED) is 0.650. The van der Waals surface area contributed by atoms with Crippen LogP contribution in [0.3, 0.4) is 0 Å². The fourth-order valence-corrected chi connectivity index (χ4v) is 2.96. The number of rotatable bonds is 7. The lowest BCUT2D eigenvalue weighted by Gasteiger charge is -2.22. The minimum atomic E-state index is -1.39. The number of furan rings is 1. The number of hydrogen-bond donors (Lipinski definition) is 2. The fraction of sp³-hybridized carbons (Fsp3) is 0.286. The lowest BCUT2D eigenvalue weighted by Crippen LogP contribution is -2.38. The number of hydrogen-bond acceptors (Lipinski definition) is 6. The highest BCUT2D eigenvalue weighted by molar-refractivity contribution is 5.98. The smallest absolute Gasteiger partial charge is 0.255 e. The van der Waals surface area contributed by atoms with Crippen LogP contribution in [0.1, 0.15) is 23.0 Å². The molecular weight excluding hydrogens is 362 g/mol. The summed E-state index contributed by atoms with van der Waals surface area (Å²) < 4.78 is 21.6.